The third kappa shape index (κ3) is 5.63. The highest BCUT2D eigenvalue weighted by atomic mass is 79.9. The molecule has 0 saturated carbocycles. The number of rotatable bonds is 5. The summed E-state index contributed by atoms with van der Waals surface area (Å²) in [6, 6.07) is 2.01. The van der Waals surface area contributed by atoms with Crippen molar-refractivity contribution in [3.8, 4) is 0 Å². The molecule has 90 valence electrons. The number of hydrogen-bond acceptors (Lipinski definition) is 3. The molecule has 0 bridgehead atoms. The Kier molecular flexibility index (Phi) is 4.95. The number of halogens is 1. The fourth-order valence-electron chi connectivity index (χ4n) is 1.16. The summed E-state index contributed by atoms with van der Waals surface area (Å²) in [5.74, 6) is 0.0584. The van der Waals surface area contributed by atoms with E-state index < -0.39 is 0 Å². The number of thiophene rings is 1. The van der Waals surface area contributed by atoms with Crippen molar-refractivity contribution < 1.29 is 4.79 Å². The molecule has 1 amide bonds. The smallest absolute Gasteiger partial charge is 0.220 e. The van der Waals surface area contributed by atoms with E-state index in [4.69, 9.17) is 5.73 Å². The van der Waals surface area contributed by atoms with E-state index in [1.54, 1.807) is 11.3 Å². The zero-order chi connectivity index (χ0) is 12.2. The van der Waals surface area contributed by atoms with Gasteiger partial charge in [0, 0.05) is 26.7 Å². The minimum Gasteiger partial charge on any atom is -0.351 e. The molecule has 0 radical (unpaired) electrons. The monoisotopic (exact) mass is 304 g/mol. The SMILES string of the molecule is CC(C)(N)CCC(=O)NCc1cc(Br)cs1. The van der Waals surface area contributed by atoms with Gasteiger partial charge >= 0.3 is 0 Å². The van der Waals surface area contributed by atoms with E-state index in [0.717, 1.165) is 9.35 Å². The van der Waals surface area contributed by atoms with Gasteiger partial charge in [-0.05, 0) is 42.3 Å². The first kappa shape index (κ1) is 13.7. The predicted octanol–water partition coefficient (Wildman–Crippen LogP) is 2.64. The fourth-order valence-corrected chi connectivity index (χ4v) is 2.55. The molecule has 1 heterocycles. The van der Waals surface area contributed by atoms with Gasteiger partial charge in [0.25, 0.3) is 0 Å². The molecule has 0 saturated heterocycles. The van der Waals surface area contributed by atoms with Crippen LogP contribution in [0.4, 0.5) is 0 Å². The second-order valence-corrected chi connectivity index (χ2v) is 6.41. The molecule has 3 N–H and O–H groups in total. The summed E-state index contributed by atoms with van der Waals surface area (Å²) >= 11 is 5.01. The van der Waals surface area contributed by atoms with Crippen LogP contribution in [0.1, 0.15) is 31.6 Å². The molecule has 0 unspecified atom stereocenters. The van der Waals surface area contributed by atoms with Crippen molar-refractivity contribution in [3.63, 3.8) is 0 Å². The summed E-state index contributed by atoms with van der Waals surface area (Å²) in [5.41, 5.74) is 5.54. The van der Waals surface area contributed by atoms with E-state index in [1.807, 2.05) is 25.3 Å². The lowest BCUT2D eigenvalue weighted by atomic mass is 10.00. The minimum atomic E-state index is -0.275. The number of nitrogens with two attached hydrogens (primary N) is 1. The molecule has 1 aromatic rings. The van der Waals surface area contributed by atoms with Gasteiger partial charge in [-0.2, -0.15) is 0 Å². The third-order valence-corrected chi connectivity index (χ3v) is 3.78. The van der Waals surface area contributed by atoms with Crippen molar-refractivity contribution >= 4 is 33.2 Å². The average Bonchev–Trinajstić information content (AvgIpc) is 2.57. The third-order valence-electron chi connectivity index (χ3n) is 2.08. The van der Waals surface area contributed by atoms with Crippen LogP contribution < -0.4 is 11.1 Å². The first-order chi connectivity index (χ1) is 7.37. The van der Waals surface area contributed by atoms with Crippen LogP contribution in [0.2, 0.25) is 0 Å². The maximum atomic E-state index is 11.5. The molecule has 16 heavy (non-hydrogen) atoms. The molecule has 0 spiro atoms. The Hall–Kier alpha value is -0.390. The molecule has 0 aliphatic carbocycles. The summed E-state index contributed by atoms with van der Waals surface area (Å²) in [4.78, 5) is 12.6. The van der Waals surface area contributed by atoms with Crippen LogP contribution >= 0.6 is 27.3 Å². The Morgan fingerprint density at radius 2 is 2.31 bits per heavy atom. The lowest BCUT2D eigenvalue weighted by Gasteiger charge is -2.17. The fraction of sp³-hybridized carbons (Fsp3) is 0.545. The topological polar surface area (TPSA) is 55.1 Å². The first-order valence-corrected chi connectivity index (χ1v) is 6.82. The molecule has 0 aliphatic heterocycles. The average molecular weight is 305 g/mol. The van der Waals surface area contributed by atoms with Gasteiger partial charge in [-0.3, -0.25) is 4.79 Å². The quantitative estimate of drug-likeness (QED) is 0.878. The van der Waals surface area contributed by atoms with Crippen LogP contribution in [0.3, 0.4) is 0 Å². The highest BCUT2D eigenvalue weighted by Crippen LogP contribution is 2.19. The highest BCUT2D eigenvalue weighted by Gasteiger charge is 2.13. The van der Waals surface area contributed by atoms with Crippen molar-refractivity contribution in [2.45, 2.75) is 38.8 Å². The Bertz CT molecular complexity index is 357. The van der Waals surface area contributed by atoms with E-state index in [9.17, 15) is 4.79 Å². The molecular weight excluding hydrogens is 288 g/mol. The molecule has 0 fully saturated rings. The Balaban J connectivity index is 2.25. The van der Waals surface area contributed by atoms with E-state index in [0.29, 0.717) is 19.4 Å². The number of amides is 1. The molecule has 5 heteroatoms. The number of carbonyl (C=O) groups is 1. The van der Waals surface area contributed by atoms with Gasteiger partial charge in [0.2, 0.25) is 5.91 Å². The zero-order valence-corrected chi connectivity index (χ0v) is 12.0. The lowest BCUT2D eigenvalue weighted by Crippen LogP contribution is -2.34. The molecule has 3 nitrogen and oxygen atoms in total. The summed E-state index contributed by atoms with van der Waals surface area (Å²) in [6.45, 7) is 4.45. The minimum absolute atomic E-state index is 0.0584. The summed E-state index contributed by atoms with van der Waals surface area (Å²) in [6.07, 6.45) is 1.18. The number of hydrogen-bond donors (Lipinski definition) is 2. The normalized spacial score (nSPS) is 11.5. The second-order valence-electron chi connectivity index (χ2n) is 4.50. The van der Waals surface area contributed by atoms with Crippen molar-refractivity contribution in [1.29, 1.82) is 0 Å². The van der Waals surface area contributed by atoms with Crippen LogP contribution in [-0.4, -0.2) is 11.4 Å². The van der Waals surface area contributed by atoms with Gasteiger partial charge in [0.1, 0.15) is 0 Å². The summed E-state index contributed by atoms with van der Waals surface area (Å²) in [7, 11) is 0. The number of carbonyl (C=O) groups excluding carboxylic acids is 1. The van der Waals surface area contributed by atoms with Crippen LogP contribution in [-0.2, 0) is 11.3 Å². The molecule has 0 atom stereocenters. The Labute approximate surface area is 109 Å². The standard InChI is InChI=1S/C11H17BrN2OS/c1-11(2,13)4-3-10(15)14-6-9-5-8(12)7-16-9/h5,7H,3-4,6,13H2,1-2H3,(H,14,15). The maximum absolute atomic E-state index is 11.5. The van der Waals surface area contributed by atoms with Gasteiger partial charge in [-0.25, -0.2) is 0 Å². The number of nitrogens with one attached hydrogen (secondary N) is 1. The van der Waals surface area contributed by atoms with Crippen LogP contribution in [0, 0.1) is 0 Å². The van der Waals surface area contributed by atoms with Crippen molar-refractivity contribution in [2.24, 2.45) is 5.73 Å². The van der Waals surface area contributed by atoms with Crippen molar-refractivity contribution in [3.05, 3.63) is 20.8 Å². The van der Waals surface area contributed by atoms with Gasteiger partial charge in [0.15, 0.2) is 0 Å². The second kappa shape index (κ2) is 5.80. The first-order valence-electron chi connectivity index (χ1n) is 5.15. The molecular formula is C11H17BrN2OS. The van der Waals surface area contributed by atoms with Crippen molar-refractivity contribution in [1.82, 2.24) is 5.32 Å². The molecule has 1 aromatic heterocycles. The molecule has 0 aliphatic rings. The lowest BCUT2D eigenvalue weighted by molar-refractivity contribution is -0.121. The van der Waals surface area contributed by atoms with Crippen LogP contribution in [0.15, 0.2) is 15.9 Å². The van der Waals surface area contributed by atoms with Crippen LogP contribution in [0.5, 0.6) is 0 Å². The van der Waals surface area contributed by atoms with Gasteiger partial charge in [-0.15, -0.1) is 11.3 Å². The van der Waals surface area contributed by atoms with E-state index in [1.165, 1.54) is 0 Å². The van der Waals surface area contributed by atoms with E-state index in [2.05, 4.69) is 21.2 Å². The maximum Gasteiger partial charge on any atom is 0.220 e. The van der Waals surface area contributed by atoms with Gasteiger partial charge in [-0.1, -0.05) is 0 Å². The Morgan fingerprint density at radius 3 is 2.81 bits per heavy atom. The zero-order valence-electron chi connectivity index (χ0n) is 9.55. The van der Waals surface area contributed by atoms with Gasteiger partial charge < -0.3 is 11.1 Å². The van der Waals surface area contributed by atoms with Crippen molar-refractivity contribution in [2.75, 3.05) is 0 Å². The van der Waals surface area contributed by atoms with E-state index in [-0.39, 0.29) is 11.4 Å². The van der Waals surface area contributed by atoms with E-state index >= 15 is 0 Å². The summed E-state index contributed by atoms with van der Waals surface area (Å²) in [5, 5.41) is 4.88. The largest absolute Gasteiger partial charge is 0.351 e. The molecule has 0 aromatic carbocycles. The Morgan fingerprint density at radius 1 is 1.62 bits per heavy atom. The van der Waals surface area contributed by atoms with Gasteiger partial charge in [0.05, 0.1) is 6.54 Å². The summed E-state index contributed by atoms with van der Waals surface area (Å²) < 4.78 is 1.06. The van der Waals surface area contributed by atoms with Crippen LogP contribution in [0.25, 0.3) is 0 Å². The predicted molar refractivity (Wildman–Crippen MR) is 71.4 cm³/mol. The molecule has 1 rings (SSSR count). The highest BCUT2D eigenvalue weighted by molar-refractivity contribution is 9.10.